The van der Waals surface area contributed by atoms with Crippen LogP contribution in [0.3, 0.4) is 0 Å². The van der Waals surface area contributed by atoms with Crippen molar-refractivity contribution in [3.05, 3.63) is 17.0 Å². The lowest BCUT2D eigenvalue weighted by Crippen LogP contribution is -2.19. The van der Waals surface area contributed by atoms with E-state index in [2.05, 4.69) is 36.1 Å². The van der Waals surface area contributed by atoms with E-state index in [-0.39, 0.29) is 0 Å². The van der Waals surface area contributed by atoms with E-state index in [0.29, 0.717) is 11.2 Å². The van der Waals surface area contributed by atoms with Gasteiger partial charge < -0.3 is 5.32 Å². The number of anilines is 1. The van der Waals surface area contributed by atoms with Gasteiger partial charge in [0.25, 0.3) is 0 Å². The molecule has 1 heterocycles. The van der Waals surface area contributed by atoms with Crippen molar-refractivity contribution >= 4 is 17.4 Å². The molecular weight excluding hydrogens is 234 g/mol. The number of nitrogens with zero attached hydrogens (tertiary/aromatic N) is 2. The molecule has 0 aliphatic carbocycles. The maximum Gasteiger partial charge on any atom is 0.134 e. The zero-order valence-corrected chi connectivity index (χ0v) is 11.9. The molecule has 1 N–H and O–H groups in total. The highest BCUT2D eigenvalue weighted by molar-refractivity contribution is 6.29. The van der Waals surface area contributed by atoms with E-state index in [4.69, 9.17) is 11.6 Å². The van der Waals surface area contributed by atoms with Gasteiger partial charge in [0.1, 0.15) is 16.8 Å². The van der Waals surface area contributed by atoms with Gasteiger partial charge in [-0.1, -0.05) is 38.8 Å². The van der Waals surface area contributed by atoms with E-state index in [9.17, 15) is 0 Å². The minimum atomic E-state index is 0.403. The molecule has 2 unspecified atom stereocenters. The van der Waals surface area contributed by atoms with Crippen LogP contribution in [0.1, 0.15) is 46.4 Å². The average Bonchev–Trinajstić information content (AvgIpc) is 2.27. The van der Waals surface area contributed by atoms with Gasteiger partial charge in [-0.15, -0.1) is 0 Å². The largest absolute Gasteiger partial charge is 0.367 e. The zero-order valence-electron chi connectivity index (χ0n) is 11.1. The molecule has 1 rings (SSSR count). The monoisotopic (exact) mass is 255 g/mol. The highest BCUT2D eigenvalue weighted by Gasteiger charge is 2.09. The third kappa shape index (κ3) is 4.90. The molecule has 0 aromatic carbocycles. The maximum atomic E-state index is 5.95. The van der Waals surface area contributed by atoms with Crippen LogP contribution in [0.5, 0.6) is 0 Å². The van der Waals surface area contributed by atoms with Crippen molar-refractivity contribution in [1.29, 1.82) is 0 Å². The lowest BCUT2D eigenvalue weighted by atomic mass is 10.0. The molecule has 0 aliphatic heterocycles. The zero-order chi connectivity index (χ0) is 12.8. The van der Waals surface area contributed by atoms with Crippen LogP contribution in [-0.4, -0.2) is 16.0 Å². The molecule has 0 radical (unpaired) electrons. The molecule has 17 heavy (non-hydrogen) atoms. The summed E-state index contributed by atoms with van der Waals surface area (Å²) in [6.07, 6.45) is 3.14. The van der Waals surface area contributed by atoms with Crippen LogP contribution in [0.4, 0.5) is 5.82 Å². The van der Waals surface area contributed by atoms with Gasteiger partial charge in [0, 0.05) is 18.5 Å². The number of rotatable bonds is 6. The van der Waals surface area contributed by atoms with Crippen molar-refractivity contribution in [1.82, 2.24) is 9.97 Å². The number of halogens is 1. The summed E-state index contributed by atoms with van der Waals surface area (Å²) in [5.41, 5.74) is 0. The molecule has 4 heteroatoms. The topological polar surface area (TPSA) is 37.8 Å². The molecule has 2 atom stereocenters. The summed E-state index contributed by atoms with van der Waals surface area (Å²) >= 11 is 5.95. The summed E-state index contributed by atoms with van der Waals surface area (Å²) in [7, 11) is 0. The van der Waals surface area contributed by atoms with Crippen molar-refractivity contribution < 1.29 is 0 Å². The molecule has 0 amide bonds. The van der Waals surface area contributed by atoms with Crippen LogP contribution in [-0.2, 0) is 6.42 Å². The Hall–Kier alpha value is -0.830. The Labute approximate surface area is 109 Å². The van der Waals surface area contributed by atoms with Gasteiger partial charge in [0.2, 0.25) is 0 Å². The van der Waals surface area contributed by atoms with Crippen molar-refractivity contribution in [3.8, 4) is 0 Å². The molecule has 0 fully saturated rings. The number of hydrogen-bond donors (Lipinski definition) is 1. The van der Waals surface area contributed by atoms with E-state index >= 15 is 0 Å². The number of aryl methyl sites for hydroxylation is 1. The molecular formula is C13H22ClN3. The molecule has 0 spiro atoms. The first kappa shape index (κ1) is 14.2. The lowest BCUT2D eigenvalue weighted by molar-refractivity contribution is 0.483. The third-order valence-electron chi connectivity index (χ3n) is 2.90. The first-order valence-electron chi connectivity index (χ1n) is 6.35. The van der Waals surface area contributed by atoms with Crippen molar-refractivity contribution in [2.75, 3.05) is 5.32 Å². The maximum absolute atomic E-state index is 5.95. The van der Waals surface area contributed by atoms with Crippen LogP contribution in [0, 0.1) is 5.92 Å². The molecule has 96 valence electrons. The van der Waals surface area contributed by atoms with E-state index in [1.165, 1.54) is 6.42 Å². The van der Waals surface area contributed by atoms with Crippen molar-refractivity contribution in [2.45, 2.75) is 53.0 Å². The fourth-order valence-electron chi connectivity index (χ4n) is 1.78. The Morgan fingerprint density at radius 1 is 1.29 bits per heavy atom. The molecule has 1 aromatic heterocycles. The second-order valence-electron chi connectivity index (χ2n) is 4.64. The fraction of sp³-hybridized carbons (Fsp3) is 0.692. The number of nitrogens with one attached hydrogen (secondary N) is 1. The van der Waals surface area contributed by atoms with Gasteiger partial charge in [-0.05, 0) is 19.3 Å². The van der Waals surface area contributed by atoms with Crippen molar-refractivity contribution in [3.63, 3.8) is 0 Å². The predicted octanol–water partition coefficient (Wildman–Crippen LogP) is 3.93. The summed E-state index contributed by atoms with van der Waals surface area (Å²) in [6, 6.07) is 2.19. The Bertz CT molecular complexity index is 355. The van der Waals surface area contributed by atoms with E-state index in [1.807, 2.05) is 6.92 Å². The Balaban J connectivity index is 2.64. The standard InChI is InChI=1S/C13H22ClN3/c1-5-9(3)7-10(4)15-13-8-11(14)16-12(6-2)17-13/h8-10H,5-7H2,1-4H3,(H,15,16,17). The molecule has 0 aliphatic rings. The first-order valence-corrected chi connectivity index (χ1v) is 6.72. The fourth-order valence-corrected chi connectivity index (χ4v) is 1.98. The molecule has 3 nitrogen and oxygen atoms in total. The van der Waals surface area contributed by atoms with Crippen LogP contribution in [0.25, 0.3) is 0 Å². The minimum absolute atomic E-state index is 0.403. The van der Waals surface area contributed by atoms with Gasteiger partial charge in [-0.2, -0.15) is 0 Å². The Morgan fingerprint density at radius 3 is 2.59 bits per heavy atom. The van der Waals surface area contributed by atoms with E-state index in [1.54, 1.807) is 6.07 Å². The van der Waals surface area contributed by atoms with Gasteiger partial charge in [-0.25, -0.2) is 9.97 Å². The molecule has 1 aromatic rings. The highest BCUT2D eigenvalue weighted by Crippen LogP contribution is 2.16. The molecule has 0 saturated heterocycles. The van der Waals surface area contributed by atoms with Gasteiger partial charge in [0.05, 0.1) is 0 Å². The van der Waals surface area contributed by atoms with Crippen LogP contribution < -0.4 is 5.32 Å². The minimum Gasteiger partial charge on any atom is -0.367 e. The molecule has 0 saturated carbocycles. The van der Waals surface area contributed by atoms with Gasteiger partial charge in [-0.3, -0.25) is 0 Å². The summed E-state index contributed by atoms with van der Waals surface area (Å²) in [6.45, 7) is 8.68. The first-order chi connectivity index (χ1) is 8.05. The normalized spacial score (nSPS) is 14.4. The Morgan fingerprint density at radius 2 is 2.00 bits per heavy atom. The smallest absolute Gasteiger partial charge is 0.134 e. The van der Waals surface area contributed by atoms with Crippen molar-refractivity contribution in [2.24, 2.45) is 5.92 Å². The van der Waals surface area contributed by atoms with E-state index < -0.39 is 0 Å². The second-order valence-corrected chi connectivity index (χ2v) is 5.03. The molecule has 0 bridgehead atoms. The average molecular weight is 256 g/mol. The quantitative estimate of drug-likeness (QED) is 0.783. The van der Waals surface area contributed by atoms with Gasteiger partial charge >= 0.3 is 0 Å². The summed E-state index contributed by atoms with van der Waals surface area (Å²) in [5.74, 6) is 2.34. The Kier molecular flexibility index (Phi) is 5.69. The number of aromatic nitrogens is 2. The number of hydrogen-bond acceptors (Lipinski definition) is 3. The van der Waals surface area contributed by atoms with Crippen LogP contribution in [0.2, 0.25) is 5.15 Å². The van der Waals surface area contributed by atoms with Crippen LogP contribution in [0.15, 0.2) is 6.07 Å². The third-order valence-corrected chi connectivity index (χ3v) is 3.10. The second kappa shape index (κ2) is 6.80. The highest BCUT2D eigenvalue weighted by atomic mass is 35.5. The lowest BCUT2D eigenvalue weighted by Gasteiger charge is -2.18. The van der Waals surface area contributed by atoms with Gasteiger partial charge in [0.15, 0.2) is 0 Å². The summed E-state index contributed by atoms with van der Waals surface area (Å²) in [4.78, 5) is 8.57. The van der Waals surface area contributed by atoms with Crippen LogP contribution >= 0.6 is 11.6 Å². The SMILES string of the molecule is CCc1nc(Cl)cc(NC(C)CC(C)CC)n1. The summed E-state index contributed by atoms with van der Waals surface area (Å²) in [5, 5.41) is 3.90. The summed E-state index contributed by atoms with van der Waals surface area (Å²) < 4.78 is 0. The van der Waals surface area contributed by atoms with E-state index in [0.717, 1.165) is 30.4 Å². The predicted molar refractivity (Wildman–Crippen MR) is 73.6 cm³/mol.